The number of phenolic OH excluding ortho intramolecular Hbond substituents is 1. The summed E-state index contributed by atoms with van der Waals surface area (Å²) in [6, 6.07) is 2.99. The second-order valence-corrected chi connectivity index (χ2v) is 6.34. The lowest BCUT2D eigenvalue weighted by Gasteiger charge is -2.19. The summed E-state index contributed by atoms with van der Waals surface area (Å²) in [6.07, 6.45) is 2.24. The molecule has 0 saturated carbocycles. The number of aromatic hydroxyl groups is 1. The van der Waals surface area contributed by atoms with Crippen molar-refractivity contribution in [2.24, 2.45) is 0 Å². The highest BCUT2D eigenvalue weighted by molar-refractivity contribution is 7.98. The molecule has 0 radical (unpaired) electrons. The normalized spacial score (nSPS) is 11.1. The number of nitrogens with zero attached hydrogens (tertiary/aromatic N) is 2. The summed E-state index contributed by atoms with van der Waals surface area (Å²) in [7, 11) is 0. The first-order valence-corrected chi connectivity index (χ1v) is 8.98. The highest BCUT2D eigenvalue weighted by Gasteiger charge is 2.17. The molecule has 124 valence electrons. The van der Waals surface area contributed by atoms with Gasteiger partial charge in [0.05, 0.1) is 4.92 Å². The first-order chi connectivity index (χ1) is 10.5. The molecule has 1 rings (SSSR count). The van der Waals surface area contributed by atoms with Crippen LogP contribution in [0.15, 0.2) is 12.1 Å². The first kappa shape index (κ1) is 18.8. The van der Waals surface area contributed by atoms with E-state index in [1.807, 2.05) is 13.8 Å². The Bertz CT molecular complexity index is 491. The second-order valence-electron chi connectivity index (χ2n) is 5.24. The van der Waals surface area contributed by atoms with Crippen LogP contribution in [0.25, 0.3) is 0 Å². The molecule has 0 heterocycles. The summed E-state index contributed by atoms with van der Waals surface area (Å²) >= 11 is 1.71. The fraction of sp³-hybridized carbons (Fsp3) is 0.625. The molecule has 22 heavy (non-hydrogen) atoms. The zero-order valence-corrected chi connectivity index (χ0v) is 14.5. The average molecular weight is 326 g/mol. The number of non-ortho nitro benzene ring substituents is 1. The van der Waals surface area contributed by atoms with E-state index in [9.17, 15) is 15.2 Å². The van der Waals surface area contributed by atoms with Crippen LogP contribution >= 0.6 is 11.8 Å². The first-order valence-electron chi connectivity index (χ1n) is 7.82. The Labute approximate surface area is 136 Å². The topological polar surface area (TPSA) is 66.6 Å². The summed E-state index contributed by atoms with van der Waals surface area (Å²) in [6.45, 7) is 8.44. The van der Waals surface area contributed by atoms with E-state index < -0.39 is 0 Å². The molecule has 0 unspecified atom stereocenters. The van der Waals surface area contributed by atoms with E-state index in [4.69, 9.17) is 0 Å². The van der Waals surface area contributed by atoms with Gasteiger partial charge in [0.25, 0.3) is 5.69 Å². The zero-order valence-electron chi connectivity index (χ0n) is 13.7. The lowest BCUT2D eigenvalue weighted by molar-refractivity contribution is -0.385. The van der Waals surface area contributed by atoms with Crippen molar-refractivity contribution in [1.82, 2.24) is 4.90 Å². The maximum absolute atomic E-state index is 11.1. The van der Waals surface area contributed by atoms with Crippen molar-refractivity contribution in [2.45, 2.75) is 45.9 Å². The van der Waals surface area contributed by atoms with Gasteiger partial charge in [0.2, 0.25) is 0 Å². The van der Waals surface area contributed by atoms with Gasteiger partial charge in [-0.1, -0.05) is 27.2 Å². The van der Waals surface area contributed by atoms with Crippen LogP contribution in [-0.4, -0.2) is 33.8 Å². The standard InChI is InChI=1S/C16H26N2O3S/c1-4-7-8-22-12-14-10-15(18(20)21)9-13(16(14)19)11-17(5-2)6-3/h9-10,19H,4-8,11-12H2,1-3H3. The molecule has 0 aliphatic carbocycles. The number of rotatable bonds is 10. The van der Waals surface area contributed by atoms with Crippen LogP contribution in [0.4, 0.5) is 5.69 Å². The molecular weight excluding hydrogens is 300 g/mol. The molecule has 0 fully saturated rings. The molecule has 5 nitrogen and oxygen atoms in total. The van der Waals surface area contributed by atoms with Gasteiger partial charge in [-0.05, 0) is 25.3 Å². The molecule has 0 amide bonds. The molecule has 1 aromatic rings. The highest BCUT2D eigenvalue weighted by Crippen LogP contribution is 2.32. The summed E-state index contributed by atoms with van der Waals surface area (Å²) in [5, 5.41) is 21.6. The summed E-state index contributed by atoms with van der Waals surface area (Å²) in [5.41, 5.74) is 1.37. The summed E-state index contributed by atoms with van der Waals surface area (Å²) in [4.78, 5) is 12.9. The highest BCUT2D eigenvalue weighted by atomic mass is 32.2. The number of nitro groups is 1. The molecular formula is C16H26N2O3S. The number of nitro benzene ring substituents is 1. The minimum absolute atomic E-state index is 0.0612. The summed E-state index contributed by atoms with van der Waals surface area (Å²) in [5.74, 6) is 1.82. The minimum Gasteiger partial charge on any atom is -0.507 e. The van der Waals surface area contributed by atoms with Gasteiger partial charge in [-0.3, -0.25) is 15.0 Å². The average Bonchev–Trinajstić information content (AvgIpc) is 2.51. The molecule has 0 aliphatic rings. The quantitative estimate of drug-likeness (QED) is 0.397. The van der Waals surface area contributed by atoms with Crippen molar-refractivity contribution in [3.8, 4) is 5.75 Å². The molecule has 0 aliphatic heterocycles. The third kappa shape index (κ3) is 5.50. The van der Waals surface area contributed by atoms with E-state index in [1.165, 1.54) is 12.1 Å². The van der Waals surface area contributed by atoms with E-state index in [2.05, 4.69) is 11.8 Å². The molecule has 0 aromatic heterocycles. The molecule has 0 spiro atoms. The zero-order chi connectivity index (χ0) is 16.5. The van der Waals surface area contributed by atoms with Crippen LogP contribution < -0.4 is 0 Å². The van der Waals surface area contributed by atoms with E-state index >= 15 is 0 Å². The third-order valence-corrected chi connectivity index (χ3v) is 4.74. The Hall–Kier alpha value is -1.27. The Kier molecular flexibility index (Phi) is 8.27. The van der Waals surface area contributed by atoms with Gasteiger partial charge in [0.15, 0.2) is 0 Å². The predicted octanol–water partition coefficient (Wildman–Crippen LogP) is 4.18. The Morgan fingerprint density at radius 3 is 2.41 bits per heavy atom. The smallest absolute Gasteiger partial charge is 0.270 e. The molecule has 1 N–H and O–H groups in total. The number of hydrogen-bond acceptors (Lipinski definition) is 5. The van der Waals surface area contributed by atoms with Gasteiger partial charge in [0.1, 0.15) is 5.75 Å². The van der Waals surface area contributed by atoms with Crippen molar-refractivity contribution in [2.75, 3.05) is 18.8 Å². The van der Waals surface area contributed by atoms with Gasteiger partial charge >= 0.3 is 0 Å². The largest absolute Gasteiger partial charge is 0.507 e. The Morgan fingerprint density at radius 1 is 1.23 bits per heavy atom. The Balaban J connectivity index is 2.99. The third-order valence-electron chi connectivity index (χ3n) is 3.65. The lowest BCUT2D eigenvalue weighted by Crippen LogP contribution is -2.22. The van der Waals surface area contributed by atoms with Gasteiger partial charge < -0.3 is 5.11 Å². The van der Waals surface area contributed by atoms with E-state index in [0.29, 0.717) is 23.4 Å². The van der Waals surface area contributed by atoms with Crippen LogP contribution in [-0.2, 0) is 12.3 Å². The fourth-order valence-electron chi connectivity index (χ4n) is 2.19. The number of unbranched alkanes of at least 4 members (excludes halogenated alkanes) is 1. The number of hydrogen-bond donors (Lipinski definition) is 1. The Morgan fingerprint density at radius 2 is 1.86 bits per heavy atom. The van der Waals surface area contributed by atoms with Crippen molar-refractivity contribution in [3.63, 3.8) is 0 Å². The second kappa shape index (κ2) is 9.69. The van der Waals surface area contributed by atoms with Crippen molar-refractivity contribution in [3.05, 3.63) is 33.4 Å². The van der Waals surface area contributed by atoms with E-state index in [-0.39, 0.29) is 16.4 Å². The molecule has 1 aromatic carbocycles. The van der Waals surface area contributed by atoms with Crippen molar-refractivity contribution >= 4 is 17.4 Å². The molecule has 0 bridgehead atoms. The molecule has 6 heteroatoms. The minimum atomic E-state index is -0.384. The maximum Gasteiger partial charge on any atom is 0.270 e. The maximum atomic E-state index is 11.1. The number of thioether (sulfide) groups is 1. The molecule has 0 saturated heterocycles. The van der Waals surface area contributed by atoms with Crippen LogP contribution in [0.1, 0.15) is 44.7 Å². The SMILES string of the molecule is CCCCSCc1cc([N+](=O)[O-])cc(CN(CC)CC)c1O. The van der Waals surface area contributed by atoms with Gasteiger partial charge in [-0.2, -0.15) is 11.8 Å². The van der Waals surface area contributed by atoms with Crippen LogP contribution in [0.5, 0.6) is 5.75 Å². The van der Waals surface area contributed by atoms with Crippen molar-refractivity contribution in [1.29, 1.82) is 0 Å². The van der Waals surface area contributed by atoms with Gasteiger partial charge in [-0.15, -0.1) is 0 Å². The van der Waals surface area contributed by atoms with E-state index in [1.54, 1.807) is 11.8 Å². The van der Waals surface area contributed by atoms with Gasteiger partial charge in [0, 0.05) is 35.6 Å². The molecule has 0 atom stereocenters. The summed E-state index contributed by atoms with van der Waals surface area (Å²) < 4.78 is 0. The van der Waals surface area contributed by atoms with Crippen LogP contribution in [0, 0.1) is 10.1 Å². The van der Waals surface area contributed by atoms with E-state index in [0.717, 1.165) is 31.7 Å². The van der Waals surface area contributed by atoms with Crippen molar-refractivity contribution < 1.29 is 10.0 Å². The van der Waals surface area contributed by atoms with Crippen LogP contribution in [0.3, 0.4) is 0 Å². The monoisotopic (exact) mass is 326 g/mol. The van der Waals surface area contributed by atoms with Gasteiger partial charge in [-0.25, -0.2) is 0 Å². The number of benzene rings is 1. The predicted molar refractivity (Wildman–Crippen MR) is 92.5 cm³/mol. The van der Waals surface area contributed by atoms with Crippen LogP contribution in [0.2, 0.25) is 0 Å². The lowest BCUT2D eigenvalue weighted by atomic mass is 10.1. The number of phenols is 1. The fourth-order valence-corrected chi connectivity index (χ4v) is 3.27.